The van der Waals surface area contributed by atoms with Gasteiger partial charge in [0.2, 0.25) is 5.91 Å². The molecule has 23 heavy (non-hydrogen) atoms. The van der Waals surface area contributed by atoms with Crippen molar-refractivity contribution >= 4 is 39.2 Å². The first-order valence-electron chi connectivity index (χ1n) is 7.56. The molecule has 8 heteroatoms. The summed E-state index contributed by atoms with van der Waals surface area (Å²) in [7, 11) is 0. The third kappa shape index (κ3) is 3.26. The molecule has 0 spiro atoms. The van der Waals surface area contributed by atoms with E-state index >= 15 is 0 Å². The lowest BCUT2D eigenvalue weighted by atomic mass is 10.2. The SMILES string of the molecule is CCc1cc2c(N3CCN(C(=O)CC(=O)O)CC3)ncnc2s1. The van der Waals surface area contributed by atoms with Crippen LogP contribution in [0.25, 0.3) is 10.2 Å². The van der Waals surface area contributed by atoms with E-state index in [0.717, 1.165) is 22.5 Å². The Morgan fingerprint density at radius 2 is 2.00 bits per heavy atom. The molecule has 122 valence electrons. The molecule has 0 aromatic carbocycles. The molecule has 1 aliphatic rings. The Morgan fingerprint density at radius 1 is 1.26 bits per heavy atom. The number of aryl methyl sites for hydroxylation is 1. The minimum atomic E-state index is -1.08. The molecule has 1 aliphatic heterocycles. The number of carbonyl (C=O) groups is 2. The van der Waals surface area contributed by atoms with Crippen LogP contribution in [0.4, 0.5) is 5.82 Å². The smallest absolute Gasteiger partial charge is 0.312 e. The molecule has 2 aromatic rings. The molecule has 2 aromatic heterocycles. The second-order valence-electron chi connectivity index (χ2n) is 5.42. The molecule has 0 saturated carbocycles. The summed E-state index contributed by atoms with van der Waals surface area (Å²) in [5, 5.41) is 9.77. The largest absolute Gasteiger partial charge is 0.481 e. The fraction of sp³-hybridized carbons (Fsp3) is 0.467. The maximum Gasteiger partial charge on any atom is 0.312 e. The monoisotopic (exact) mass is 334 g/mol. The van der Waals surface area contributed by atoms with Gasteiger partial charge in [-0.25, -0.2) is 9.97 Å². The fourth-order valence-electron chi connectivity index (χ4n) is 2.73. The van der Waals surface area contributed by atoms with Crippen molar-refractivity contribution in [3.63, 3.8) is 0 Å². The van der Waals surface area contributed by atoms with Crippen molar-refractivity contribution in [2.24, 2.45) is 0 Å². The van der Waals surface area contributed by atoms with E-state index in [9.17, 15) is 9.59 Å². The topological polar surface area (TPSA) is 86.6 Å². The molecule has 0 aliphatic carbocycles. The van der Waals surface area contributed by atoms with E-state index in [1.807, 2.05) is 0 Å². The van der Waals surface area contributed by atoms with Gasteiger partial charge in [0.15, 0.2) is 0 Å². The van der Waals surface area contributed by atoms with Gasteiger partial charge in [0.05, 0.1) is 5.39 Å². The summed E-state index contributed by atoms with van der Waals surface area (Å²) < 4.78 is 0. The zero-order valence-corrected chi connectivity index (χ0v) is 13.7. The lowest BCUT2D eigenvalue weighted by molar-refractivity contribution is -0.144. The Hall–Kier alpha value is -2.22. The van der Waals surface area contributed by atoms with Crippen LogP contribution in [0.3, 0.4) is 0 Å². The Kier molecular flexibility index (Phi) is 4.42. The molecule has 7 nitrogen and oxygen atoms in total. The van der Waals surface area contributed by atoms with Crippen LogP contribution < -0.4 is 4.90 Å². The van der Waals surface area contributed by atoms with Crippen LogP contribution in [0.2, 0.25) is 0 Å². The summed E-state index contributed by atoms with van der Waals surface area (Å²) >= 11 is 1.68. The summed E-state index contributed by atoms with van der Waals surface area (Å²) in [5.41, 5.74) is 0. The molecule has 1 N–H and O–H groups in total. The van der Waals surface area contributed by atoms with E-state index in [1.165, 1.54) is 4.88 Å². The van der Waals surface area contributed by atoms with Crippen molar-refractivity contribution in [1.82, 2.24) is 14.9 Å². The minimum absolute atomic E-state index is 0.325. The van der Waals surface area contributed by atoms with Crippen LogP contribution in [0.1, 0.15) is 18.2 Å². The third-order valence-corrected chi connectivity index (χ3v) is 5.13. The highest BCUT2D eigenvalue weighted by atomic mass is 32.1. The lowest BCUT2D eigenvalue weighted by Gasteiger charge is -2.35. The summed E-state index contributed by atoms with van der Waals surface area (Å²) in [6, 6.07) is 2.14. The van der Waals surface area contributed by atoms with E-state index in [-0.39, 0.29) is 5.91 Å². The van der Waals surface area contributed by atoms with E-state index in [2.05, 4.69) is 27.9 Å². The first-order valence-corrected chi connectivity index (χ1v) is 8.38. The van der Waals surface area contributed by atoms with Crippen molar-refractivity contribution in [3.05, 3.63) is 17.3 Å². The molecule has 1 saturated heterocycles. The van der Waals surface area contributed by atoms with Gasteiger partial charge in [0.25, 0.3) is 0 Å². The van der Waals surface area contributed by atoms with Gasteiger partial charge in [-0.1, -0.05) is 6.92 Å². The summed E-state index contributed by atoms with van der Waals surface area (Å²) in [5.74, 6) is -0.509. The first-order chi connectivity index (χ1) is 11.1. The summed E-state index contributed by atoms with van der Waals surface area (Å²) in [6.07, 6.45) is 2.11. The second-order valence-corrected chi connectivity index (χ2v) is 6.54. The lowest BCUT2D eigenvalue weighted by Crippen LogP contribution is -2.49. The van der Waals surface area contributed by atoms with E-state index in [4.69, 9.17) is 5.11 Å². The van der Waals surface area contributed by atoms with Gasteiger partial charge in [-0.3, -0.25) is 9.59 Å². The Morgan fingerprint density at radius 3 is 2.65 bits per heavy atom. The molecular weight excluding hydrogens is 316 g/mol. The van der Waals surface area contributed by atoms with Gasteiger partial charge in [0, 0.05) is 31.1 Å². The number of aromatic nitrogens is 2. The van der Waals surface area contributed by atoms with Crippen molar-refractivity contribution in [2.45, 2.75) is 19.8 Å². The molecule has 0 bridgehead atoms. The van der Waals surface area contributed by atoms with Crippen molar-refractivity contribution in [2.75, 3.05) is 31.1 Å². The van der Waals surface area contributed by atoms with Gasteiger partial charge in [-0.15, -0.1) is 11.3 Å². The van der Waals surface area contributed by atoms with Gasteiger partial charge in [-0.2, -0.15) is 0 Å². The standard InChI is InChI=1S/C15H18N4O3S/c1-2-10-7-11-14(16-9-17-15(11)23-10)19-5-3-18(4-6-19)12(20)8-13(21)22/h7,9H,2-6,8H2,1H3,(H,21,22). The number of amides is 1. The minimum Gasteiger partial charge on any atom is -0.481 e. The maximum atomic E-state index is 11.8. The number of hydrogen-bond donors (Lipinski definition) is 1. The van der Waals surface area contributed by atoms with Crippen molar-refractivity contribution in [3.8, 4) is 0 Å². The fourth-order valence-corrected chi connectivity index (χ4v) is 3.66. The first kappa shape index (κ1) is 15.7. The quantitative estimate of drug-likeness (QED) is 0.850. The van der Waals surface area contributed by atoms with Crippen LogP contribution in [0, 0.1) is 0 Å². The number of thiophene rings is 1. The molecule has 0 unspecified atom stereocenters. The van der Waals surface area contributed by atoms with E-state index < -0.39 is 12.4 Å². The second kappa shape index (κ2) is 6.49. The summed E-state index contributed by atoms with van der Waals surface area (Å²) in [6.45, 7) is 4.44. The average molecular weight is 334 g/mol. The zero-order chi connectivity index (χ0) is 16.4. The summed E-state index contributed by atoms with van der Waals surface area (Å²) in [4.78, 5) is 37.2. The Labute approximate surface area is 137 Å². The highest BCUT2D eigenvalue weighted by Crippen LogP contribution is 2.30. The maximum absolute atomic E-state index is 11.8. The predicted molar refractivity (Wildman–Crippen MR) is 87.8 cm³/mol. The van der Waals surface area contributed by atoms with Crippen molar-refractivity contribution < 1.29 is 14.7 Å². The molecule has 3 heterocycles. The van der Waals surface area contributed by atoms with Gasteiger partial charge < -0.3 is 14.9 Å². The van der Waals surface area contributed by atoms with E-state index in [0.29, 0.717) is 26.2 Å². The highest BCUT2D eigenvalue weighted by Gasteiger charge is 2.24. The van der Waals surface area contributed by atoms with Crippen molar-refractivity contribution in [1.29, 1.82) is 0 Å². The Balaban J connectivity index is 1.74. The van der Waals surface area contributed by atoms with Crippen LogP contribution in [0.15, 0.2) is 12.4 Å². The Bertz CT molecular complexity index is 737. The number of anilines is 1. The van der Waals surface area contributed by atoms with Gasteiger partial charge in [-0.05, 0) is 12.5 Å². The molecule has 3 rings (SSSR count). The zero-order valence-electron chi connectivity index (χ0n) is 12.9. The molecular formula is C15H18N4O3S. The van der Waals surface area contributed by atoms with Crippen LogP contribution in [0.5, 0.6) is 0 Å². The number of aliphatic carboxylic acids is 1. The highest BCUT2D eigenvalue weighted by molar-refractivity contribution is 7.18. The van der Waals surface area contributed by atoms with Gasteiger partial charge >= 0.3 is 5.97 Å². The van der Waals surface area contributed by atoms with Crippen LogP contribution >= 0.6 is 11.3 Å². The number of piperazine rings is 1. The number of fused-ring (bicyclic) bond motifs is 1. The number of carbonyl (C=O) groups excluding carboxylic acids is 1. The molecule has 0 atom stereocenters. The number of hydrogen-bond acceptors (Lipinski definition) is 6. The number of carboxylic acid groups (broad SMARTS) is 1. The normalized spacial score (nSPS) is 15.2. The molecule has 1 fully saturated rings. The van der Waals surface area contributed by atoms with Crippen LogP contribution in [-0.4, -0.2) is 58.0 Å². The number of carboxylic acids is 1. The molecule has 1 amide bonds. The predicted octanol–water partition coefficient (Wildman–Crippen LogP) is 1.38. The number of nitrogens with zero attached hydrogens (tertiary/aromatic N) is 4. The van der Waals surface area contributed by atoms with Crippen LogP contribution in [-0.2, 0) is 16.0 Å². The van der Waals surface area contributed by atoms with Gasteiger partial charge in [0.1, 0.15) is 23.4 Å². The average Bonchev–Trinajstić information content (AvgIpc) is 2.97. The third-order valence-electron chi connectivity index (χ3n) is 3.94. The molecule has 0 radical (unpaired) electrons. The number of rotatable bonds is 4. The van der Waals surface area contributed by atoms with E-state index in [1.54, 1.807) is 22.6 Å².